The summed E-state index contributed by atoms with van der Waals surface area (Å²) < 4.78 is 0. The van der Waals surface area contributed by atoms with Crippen LogP contribution < -0.4 is 0 Å². The Hall–Kier alpha value is -0.730. The Labute approximate surface area is 147 Å². The van der Waals surface area contributed by atoms with E-state index in [9.17, 15) is 4.79 Å². The summed E-state index contributed by atoms with van der Waals surface area (Å²) in [5.41, 5.74) is 1.45. The highest BCUT2D eigenvalue weighted by Gasteiger charge is 2.75. The molecule has 0 bridgehead atoms. The quantitative estimate of drug-likeness (QED) is 0.746. The third kappa shape index (κ3) is 2.17. The first-order valence-corrected chi connectivity index (χ1v) is 9.56. The van der Waals surface area contributed by atoms with Gasteiger partial charge in [-0.1, -0.05) is 35.7 Å². The fraction of sp³-hybridized carbons (Fsp3) is 0.632. The van der Waals surface area contributed by atoms with Crippen LogP contribution in [-0.4, -0.2) is 23.4 Å². The van der Waals surface area contributed by atoms with E-state index in [4.69, 9.17) is 23.2 Å². The van der Waals surface area contributed by atoms with E-state index in [2.05, 4.69) is 11.0 Å². The first-order valence-electron chi connectivity index (χ1n) is 8.81. The zero-order valence-electron chi connectivity index (χ0n) is 13.2. The molecule has 1 aromatic carbocycles. The number of rotatable bonds is 5. The molecule has 0 aliphatic heterocycles. The molecule has 0 N–H and O–H groups in total. The van der Waals surface area contributed by atoms with Gasteiger partial charge in [0.25, 0.3) is 0 Å². The van der Waals surface area contributed by atoms with Crippen LogP contribution in [0.15, 0.2) is 18.2 Å². The number of benzene rings is 1. The van der Waals surface area contributed by atoms with E-state index in [-0.39, 0.29) is 10.8 Å². The minimum atomic E-state index is 0.0885. The van der Waals surface area contributed by atoms with Crippen LogP contribution in [0.1, 0.15) is 50.5 Å². The summed E-state index contributed by atoms with van der Waals surface area (Å²) >= 11 is 12.3. The highest BCUT2D eigenvalue weighted by molar-refractivity contribution is 6.42. The molecule has 0 saturated heterocycles. The lowest BCUT2D eigenvalue weighted by molar-refractivity contribution is -0.137. The zero-order chi connectivity index (χ0) is 15.8. The summed E-state index contributed by atoms with van der Waals surface area (Å²) in [5, 5.41) is 1.24. The molecule has 1 amide bonds. The van der Waals surface area contributed by atoms with E-state index in [1.165, 1.54) is 24.8 Å². The van der Waals surface area contributed by atoms with Crippen LogP contribution in [0, 0.1) is 11.3 Å². The Morgan fingerprint density at radius 1 is 1.17 bits per heavy atom. The summed E-state index contributed by atoms with van der Waals surface area (Å²) in [5.74, 6) is 1.18. The van der Waals surface area contributed by atoms with Crippen molar-refractivity contribution in [2.75, 3.05) is 6.54 Å². The summed E-state index contributed by atoms with van der Waals surface area (Å²) in [6.45, 7) is 0.878. The molecule has 5 rings (SSSR count). The Balaban J connectivity index is 1.43. The highest BCUT2D eigenvalue weighted by Crippen LogP contribution is 2.76. The molecule has 23 heavy (non-hydrogen) atoms. The first kappa shape index (κ1) is 14.6. The van der Waals surface area contributed by atoms with Crippen LogP contribution in [-0.2, 0) is 10.2 Å². The lowest BCUT2D eigenvalue weighted by Crippen LogP contribution is -2.49. The van der Waals surface area contributed by atoms with Gasteiger partial charge in [-0.15, -0.1) is 0 Å². The number of nitrogens with zero attached hydrogens (tertiary/aromatic N) is 1. The van der Waals surface area contributed by atoms with Crippen LogP contribution in [0.2, 0.25) is 10.0 Å². The van der Waals surface area contributed by atoms with Gasteiger partial charge < -0.3 is 4.90 Å². The van der Waals surface area contributed by atoms with Gasteiger partial charge in [0.1, 0.15) is 0 Å². The third-order valence-corrected chi connectivity index (χ3v) is 7.41. The van der Waals surface area contributed by atoms with Crippen molar-refractivity contribution in [3.63, 3.8) is 0 Å². The molecule has 0 spiro atoms. The normalized spacial score (nSPS) is 32.7. The molecule has 0 radical (unpaired) electrons. The molecule has 0 aromatic heterocycles. The Bertz CT molecular complexity index is 687. The standard InChI is InChI=1S/C19H21Cl2NO/c20-15-5-2-12(8-16(15)21)18(6-1-7-18)11-22(14-3-4-14)17(23)19-9-13(19)10-19/h2,5,8,13-14H,1,3-4,6-7,9-11H2. The van der Waals surface area contributed by atoms with Gasteiger partial charge in [-0.25, -0.2) is 0 Å². The molecule has 1 aromatic rings. The van der Waals surface area contributed by atoms with Crippen molar-refractivity contribution in [1.29, 1.82) is 0 Å². The first-order chi connectivity index (χ1) is 11.0. The second-order valence-corrected chi connectivity index (χ2v) is 9.00. The van der Waals surface area contributed by atoms with E-state index in [0.29, 0.717) is 22.0 Å². The van der Waals surface area contributed by atoms with Crippen LogP contribution in [0.3, 0.4) is 0 Å². The van der Waals surface area contributed by atoms with E-state index >= 15 is 0 Å². The van der Waals surface area contributed by atoms with Crippen molar-refractivity contribution in [2.24, 2.45) is 11.3 Å². The number of hydrogen-bond acceptors (Lipinski definition) is 1. The molecule has 2 nitrogen and oxygen atoms in total. The van der Waals surface area contributed by atoms with Crippen molar-refractivity contribution in [3.8, 4) is 0 Å². The molecule has 4 aliphatic carbocycles. The second kappa shape index (κ2) is 4.67. The minimum absolute atomic E-state index is 0.0885. The van der Waals surface area contributed by atoms with Crippen molar-refractivity contribution in [2.45, 2.75) is 56.4 Å². The monoisotopic (exact) mass is 349 g/mol. The summed E-state index contributed by atoms with van der Waals surface area (Å²) in [7, 11) is 0. The van der Waals surface area contributed by atoms with E-state index < -0.39 is 0 Å². The van der Waals surface area contributed by atoms with Gasteiger partial charge in [-0.3, -0.25) is 4.79 Å². The summed E-state index contributed by atoms with van der Waals surface area (Å²) in [6, 6.07) is 6.53. The smallest absolute Gasteiger partial charge is 0.229 e. The zero-order valence-corrected chi connectivity index (χ0v) is 14.7. The minimum Gasteiger partial charge on any atom is -0.338 e. The van der Waals surface area contributed by atoms with E-state index in [1.54, 1.807) is 0 Å². The van der Waals surface area contributed by atoms with Gasteiger partial charge in [0.2, 0.25) is 5.91 Å². The molecule has 4 heteroatoms. The Kier molecular flexibility index (Phi) is 2.96. The van der Waals surface area contributed by atoms with Crippen molar-refractivity contribution >= 4 is 29.1 Å². The molecule has 0 heterocycles. The number of hydrogen-bond donors (Lipinski definition) is 0. The molecular weight excluding hydrogens is 329 g/mol. The number of amides is 1. The number of halogens is 2. The average Bonchev–Trinajstić information content (AvgIpc) is 3.31. The molecule has 4 aliphatic rings. The van der Waals surface area contributed by atoms with Gasteiger partial charge in [0.15, 0.2) is 0 Å². The number of fused-ring (bicyclic) bond motifs is 1. The van der Waals surface area contributed by atoms with Crippen molar-refractivity contribution in [3.05, 3.63) is 33.8 Å². The fourth-order valence-electron chi connectivity index (χ4n) is 4.38. The largest absolute Gasteiger partial charge is 0.338 e. The van der Waals surface area contributed by atoms with Crippen LogP contribution in [0.4, 0.5) is 0 Å². The van der Waals surface area contributed by atoms with E-state index in [1.807, 2.05) is 12.1 Å². The molecule has 0 unspecified atom stereocenters. The highest BCUT2D eigenvalue weighted by atomic mass is 35.5. The summed E-state index contributed by atoms with van der Waals surface area (Å²) in [6.07, 6.45) is 8.20. The lowest BCUT2D eigenvalue weighted by Gasteiger charge is -2.46. The van der Waals surface area contributed by atoms with Gasteiger partial charge in [-0.2, -0.15) is 0 Å². The average molecular weight is 350 g/mol. The van der Waals surface area contributed by atoms with Crippen molar-refractivity contribution < 1.29 is 4.79 Å². The lowest BCUT2D eigenvalue weighted by atomic mass is 9.64. The molecule has 0 atom stereocenters. The van der Waals surface area contributed by atoms with Crippen molar-refractivity contribution in [1.82, 2.24) is 4.90 Å². The predicted octanol–water partition coefficient (Wildman–Crippen LogP) is 4.82. The number of carbonyl (C=O) groups excluding carboxylic acids is 1. The van der Waals surface area contributed by atoms with Gasteiger partial charge >= 0.3 is 0 Å². The SMILES string of the molecule is O=C(N(CC1(c2ccc(Cl)c(Cl)c2)CCC1)C1CC1)C12CC1C2. The fourth-order valence-corrected chi connectivity index (χ4v) is 4.68. The van der Waals surface area contributed by atoms with Crippen LogP contribution in [0.5, 0.6) is 0 Å². The molecule has 4 fully saturated rings. The maximum atomic E-state index is 13.0. The van der Waals surface area contributed by atoms with Gasteiger partial charge in [-0.05, 0) is 62.1 Å². The number of carbonyl (C=O) groups is 1. The molecule has 122 valence electrons. The Morgan fingerprint density at radius 3 is 2.35 bits per heavy atom. The topological polar surface area (TPSA) is 20.3 Å². The van der Waals surface area contributed by atoms with Crippen LogP contribution in [0.25, 0.3) is 0 Å². The summed E-state index contributed by atoms with van der Waals surface area (Å²) in [4.78, 5) is 15.2. The second-order valence-electron chi connectivity index (χ2n) is 8.19. The predicted molar refractivity (Wildman–Crippen MR) is 91.9 cm³/mol. The van der Waals surface area contributed by atoms with E-state index in [0.717, 1.165) is 38.1 Å². The molecule has 4 saturated carbocycles. The third-order valence-electron chi connectivity index (χ3n) is 6.67. The van der Waals surface area contributed by atoms with Crippen LogP contribution >= 0.6 is 23.2 Å². The maximum Gasteiger partial charge on any atom is 0.229 e. The Morgan fingerprint density at radius 2 is 1.87 bits per heavy atom. The maximum absolute atomic E-state index is 13.0. The molecular formula is C19H21Cl2NO. The van der Waals surface area contributed by atoms with Gasteiger partial charge in [0, 0.05) is 18.0 Å². The van der Waals surface area contributed by atoms with Gasteiger partial charge in [0.05, 0.1) is 15.5 Å².